The number of methoxy groups -OCH3 is 1. The number of hydrogen-bond donors (Lipinski definition) is 1. The van der Waals surface area contributed by atoms with Gasteiger partial charge in [0.25, 0.3) is 5.56 Å². The van der Waals surface area contributed by atoms with E-state index >= 15 is 0 Å². The molecule has 2 aromatic heterocycles. The molecule has 0 fully saturated rings. The van der Waals surface area contributed by atoms with E-state index in [4.69, 9.17) is 4.74 Å². The second-order valence-corrected chi connectivity index (χ2v) is 7.01. The van der Waals surface area contributed by atoms with Crippen LogP contribution in [0.4, 0.5) is 0 Å². The summed E-state index contributed by atoms with van der Waals surface area (Å²) < 4.78 is 7.37. The summed E-state index contributed by atoms with van der Waals surface area (Å²) in [5, 5.41) is 9.69. The van der Waals surface area contributed by atoms with Crippen LogP contribution in [0, 0.1) is 13.8 Å². The van der Waals surface area contributed by atoms with Gasteiger partial charge in [0.05, 0.1) is 22.7 Å². The van der Waals surface area contributed by atoms with Gasteiger partial charge in [0.1, 0.15) is 0 Å². The molecule has 0 unspecified atom stereocenters. The molecule has 0 saturated carbocycles. The highest BCUT2D eigenvalue weighted by Gasteiger charge is 2.12. The lowest BCUT2D eigenvalue weighted by molar-refractivity contribution is 0.373. The summed E-state index contributed by atoms with van der Waals surface area (Å²) in [6, 6.07) is 9.01. The standard InChI is InChI=1S/C19H16N2O3S/c1-10-6-13-14(7-11(10)2)21-18(23)17(25-19(21)20-13)9-12-4-5-15(22)16(8-12)24-3/h4-9,22H,1-3H3. The third-order valence-electron chi connectivity index (χ3n) is 4.36. The Hall–Kier alpha value is -2.86. The van der Waals surface area contributed by atoms with E-state index in [-0.39, 0.29) is 11.3 Å². The molecule has 0 saturated heterocycles. The molecule has 0 atom stereocenters. The van der Waals surface area contributed by atoms with Crippen LogP contribution < -0.4 is 14.8 Å². The van der Waals surface area contributed by atoms with Crippen LogP contribution in [0.3, 0.4) is 0 Å². The number of nitrogens with zero attached hydrogens (tertiary/aromatic N) is 2. The van der Waals surface area contributed by atoms with Crippen molar-refractivity contribution in [1.82, 2.24) is 9.38 Å². The zero-order chi connectivity index (χ0) is 17.7. The number of ether oxygens (including phenoxy) is 1. The van der Waals surface area contributed by atoms with Crippen molar-refractivity contribution in [3.8, 4) is 11.5 Å². The van der Waals surface area contributed by atoms with Crippen molar-refractivity contribution in [1.29, 1.82) is 0 Å². The third kappa shape index (κ3) is 2.46. The molecule has 0 amide bonds. The van der Waals surface area contributed by atoms with Crippen LogP contribution in [0.1, 0.15) is 16.7 Å². The van der Waals surface area contributed by atoms with Gasteiger partial charge in [-0.2, -0.15) is 0 Å². The Labute approximate surface area is 147 Å². The molecule has 0 aliphatic rings. The second-order valence-electron chi connectivity index (χ2n) is 6.00. The van der Waals surface area contributed by atoms with Crippen LogP contribution in [0.15, 0.2) is 35.1 Å². The Morgan fingerprint density at radius 3 is 2.72 bits per heavy atom. The van der Waals surface area contributed by atoms with Crippen molar-refractivity contribution in [2.45, 2.75) is 13.8 Å². The third-order valence-corrected chi connectivity index (χ3v) is 5.32. The molecule has 4 aromatic rings. The molecule has 4 rings (SSSR count). The Kier molecular flexibility index (Phi) is 3.51. The minimum absolute atomic E-state index is 0.0693. The number of aromatic nitrogens is 2. The molecule has 0 spiro atoms. The maximum absolute atomic E-state index is 12.8. The number of aryl methyl sites for hydroxylation is 2. The molecular formula is C19H16N2O3S. The number of rotatable bonds is 2. The number of phenols is 1. The number of fused-ring (bicyclic) bond motifs is 3. The van der Waals surface area contributed by atoms with Gasteiger partial charge in [-0.1, -0.05) is 17.4 Å². The molecule has 2 heterocycles. The average molecular weight is 352 g/mol. The predicted octanol–water partition coefficient (Wildman–Crippen LogP) is 2.79. The van der Waals surface area contributed by atoms with Crippen LogP contribution in [-0.4, -0.2) is 21.6 Å². The lowest BCUT2D eigenvalue weighted by atomic mass is 10.1. The number of imidazole rings is 1. The fourth-order valence-corrected chi connectivity index (χ4v) is 3.84. The molecule has 5 nitrogen and oxygen atoms in total. The van der Waals surface area contributed by atoms with Crippen molar-refractivity contribution >= 4 is 33.4 Å². The van der Waals surface area contributed by atoms with Gasteiger partial charge in [0, 0.05) is 0 Å². The van der Waals surface area contributed by atoms with Crippen molar-refractivity contribution < 1.29 is 9.84 Å². The Morgan fingerprint density at radius 2 is 1.96 bits per heavy atom. The van der Waals surface area contributed by atoms with Gasteiger partial charge in [-0.15, -0.1) is 0 Å². The van der Waals surface area contributed by atoms with Gasteiger partial charge in [0.15, 0.2) is 16.5 Å². The highest BCUT2D eigenvalue weighted by Crippen LogP contribution is 2.26. The first-order chi connectivity index (χ1) is 12.0. The fraction of sp³-hybridized carbons (Fsp3) is 0.158. The van der Waals surface area contributed by atoms with Crippen LogP contribution in [0.25, 0.3) is 22.1 Å². The molecule has 2 aromatic carbocycles. The minimum Gasteiger partial charge on any atom is -0.504 e. The Morgan fingerprint density at radius 1 is 1.20 bits per heavy atom. The van der Waals surface area contributed by atoms with Gasteiger partial charge in [-0.05, 0) is 60.9 Å². The van der Waals surface area contributed by atoms with E-state index in [2.05, 4.69) is 4.98 Å². The summed E-state index contributed by atoms with van der Waals surface area (Å²) in [6.07, 6.45) is 1.79. The number of phenolic OH excluding ortho intramolecular Hbond substituents is 1. The molecule has 1 N–H and O–H groups in total. The maximum Gasteiger partial charge on any atom is 0.274 e. The molecule has 0 aliphatic carbocycles. The summed E-state index contributed by atoms with van der Waals surface area (Å²) in [7, 11) is 1.49. The van der Waals surface area contributed by atoms with Crippen molar-refractivity contribution in [2.75, 3.05) is 7.11 Å². The zero-order valence-electron chi connectivity index (χ0n) is 14.0. The lowest BCUT2D eigenvalue weighted by Gasteiger charge is -2.03. The van der Waals surface area contributed by atoms with Gasteiger partial charge in [-0.25, -0.2) is 9.38 Å². The lowest BCUT2D eigenvalue weighted by Crippen LogP contribution is -2.22. The monoisotopic (exact) mass is 352 g/mol. The molecule has 0 radical (unpaired) electrons. The first-order valence-corrected chi connectivity index (χ1v) is 8.60. The number of aromatic hydroxyl groups is 1. The molecule has 0 bridgehead atoms. The van der Waals surface area contributed by atoms with Crippen molar-refractivity contribution in [2.24, 2.45) is 0 Å². The summed E-state index contributed by atoms with van der Waals surface area (Å²) in [5.41, 5.74) is 4.67. The predicted molar refractivity (Wildman–Crippen MR) is 99.8 cm³/mol. The first-order valence-electron chi connectivity index (χ1n) is 7.79. The van der Waals surface area contributed by atoms with E-state index in [1.54, 1.807) is 28.7 Å². The van der Waals surface area contributed by atoms with E-state index in [1.165, 1.54) is 18.4 Å². The topological polar surface area (TPSA) is 63.8 Å². The fourth-order valence-electron chi connectivity index (χ4n) is 2.85. The summed E-state index contributed by atoms with van der Waals surface area (Å²) in [5.74, 6) is 0.443. The van der Waals surface area contributed by atoms with E-state index < -0.39 is 0 Å². The van der Waals surface area contributed by atoms with Crippen LogP contribution in [-0.2, 0) is 0 Å². The number of thiazole rings is 1. The van der Waals surface area contributed by atoms with Gasteiger partial charge in [0.2, 0.25) is 0 Å². The summed E-state index contributed by atoms with van der Waals surface area (Å²) in [6.45, 7) is 4.07. The molecular weight excluding hydrogens is 336 g/mol. The smallest absolute Gasteiger partial charge is 0.274 e. The van der Waals surface area contributed by atoms with Crippen LogP contribution in [0.2, 0.25) is 0 Å². The first kappa shape index (κ1) is 15.7. The maximum atomic E-state index is 12.8. The molecule has 6 heteroatoms. The van der Waals surface area contributed by atoms with E-state index in [0.29, 0.717) is 15.2 Å². The van der Waals surface area contributed by atoms with Crippen LogP contribution in [0.5, 0.6) is 11.5 Å². The highest BCUT2D eigenvalue weighted by molar-refractivity contribution is 7.15. The van der Waals surface area contributed by atoms with Crippen molar-refractivity contribution in [3.63, 3.8) is 0 Å². The number of hydrogen-bond acceptors (Lipinski definition) is 5. The quantitative estimate of drug-likeness (QED) is 0.602. The van der Waals surface area contributed by atoms with Gasteiger partial charge < -0.3 is 9.84 Å². The van der Waals surface area contributed by atoms with Gasteiger partial charge in [-0.3, -0.25) is 4.79 Å². The van der Waals surface area contributed by atoms with Crippen LogP contribution >= 0.6 is 11.3 Å². The number of benzene rings is 2. The zero-order valence-corrected chi connectivity index (χ0v) is 14.8. The largest absolute Gasteiger partial charge is 0.504 e. The molecule has 25 heavy (non-hydrogen) atoms. The summed E-state index contributed by atoms with van der Waals surface area (Å²) >= 11 is 1.35. The Balaban J connectivity index is 1.96. The summed E-state index contributed by atoms with van der Waals surface area (Å²) in [4.78, 5) is 18.1. The van der Waals surface area contributed by atoms with E-state index in [1.807, 2.05) is 26.0 Å². The van der Waals surface area contributed by atoms with E-state index in [9.17, 15) is 9.90 Å². The van der Waals surface area contributed by atoms with Gasteiger partial charge >= 0.3 is 0 Å². The minimum atomic E-state index is -0.0854. The average Bonchev–Trinajstić information content (AvgIpc) is 3.07. The SMILES string of the molecule is COc1cc(C=c2sc3nc4cc(C)c(C)cc4n3c2=O)ccc1O. The normalized spacial score (nSPS) is 12.4. The Bertz CT molecular complexity index is 1240. The van der Waals surface area contributed by atoms with E-state index in [0.717, 1.165) is 27.7 Å². The molecule has 126 valence electrons. The second kappa shape index (κ2) is 5.60. The highest BCUT2D eigenvalue weighted by atomic mass is 32.1. The van der Waals surface area contributed by atoms with Crippen molar-refractivity contribution in [3.05, 3.63) is 61.9 Å². The molecule has 0 aliphatic heterocycles.